The molecule has 10 heteroatoms. The van der Waals surface area contributed by atoms with E-state index in [1.165, 1.54) is 41.3 Å². The monoisotopic (exact) mass is 358 g/mol. The second-order valence-electron chi connectivity index (χ2n) is 6.18. The Hall–Kier alpha value is -3.56. The predicted molar refractivity (Wildman–Crippen MR) is 89.9 cm³/mol. The van der Waals surface area contributed by atoms with Crippen LogP contribution < -0.4 is 9.64 Å². The van der Waals surface area contributed by atoms with Crippen molar-refractivity contribution in [3.63, 3.8) is 0 Å². The first-order valence-corrected chi connectivity index (χ1v) is 7.59. The predicted octanol–water partition coefficient (Wildman–Crippen LogP) is 2.60. The van der Waals surface area contributed by atoms with Gasteiger partial charge in [-0.1, -0.05) is 12.1 Å². The van der Waals surface area contributed by atoms with E-state index in [2.05, 4.69) is 4.98 Å². The maximum Gasteiger partial charge on any atom is 0.366 e. The van der Waals surface area contributed by atoms with Crippen LogP contribution in [0.1, 0.15) is 19.4 Å². The number of ether oxygens (including phenoxy) is 1. The second-order valence-corrected chi connectivity index (χ2v) is 6.18. The van der Waals surface area contributed by atoms with Crippen LogP contribution in [0.4, 0.5) is 17.3 Å². The van der Waals surface area contributed by atoms with Crippen molar-refractivity contribution in [3.05, 3.63) is 62.2 Å². The summed E-state index contributed by atoms with van der Waals surface area (Å²) >= 11 is 0. The van der Waals surface area contributed by atoms with Gasteiger partial charge in [-0.05, 0) is 35.4 Å². The van der Waals surface area contributed by atoms with Crippen molar-refractivity contribution >= 4 is 23.2 Å². The number of nitrogens with zero attached hydrogens (tertiary/aromatic N) is 4. The zero-order chi connectivity index (χ0) is 19.1. The van der Waals surface area contributed by atoms with Gasteiger partial charge in [0.25, 0.3) is 17.4 Å². The number of carbonyl (C=O) groups is 1. The van der Waals surface area contributed by atoms with Gasteiger partial charge in [-0.25, -0.2) is 0 Å². The molecule has 2 heterocycles. The molecule has 26 heavy (non-hydrogen) atoms. The van der Waals surface area contributed by atoms with E-state index < -0.39 is 27.2 Å². The number of nitro benzene ring substituents is 1. The summed E-state index contributed by atoms with van der Waals surface area (Å²) in [5.41, 5.74) is -0.636. The van der Waals surface area contributed by atoms with Crippen molar-refractivity contribution in [2.45, 2.75) is 26.0 Å². The van der Waals surface area contributed by atoms with Gasteiger partial charge in [0, 0.05) is 18.2 Å². The Morgan fingerprint density at radius 3 is 2.31 bits per heavy atom. The number of aromatic nitrogens is 1. The van der Waals surface area contributed by atoms with Crippen molar-refractivity contribution < 1.29 is 19.4 Å². The van der Waals surface area contributed by atoms with Crippen molar-refractivity contribution in [2.24, 2.45) is 0 Å². The molecule has 3 rings (SSSR count). The summed E-state index contributed by atoms with van der Waals surface area (Å²) in [6.45, 7) is 3.22. The van der Waals surface area contributed by atoms with Gasteiger partial charge in [-0.3, -0.25) is 19.8 Å². The van der Waals surface area contributed by atoms with Crippen LogP contribution in [0.15, 0.2) is 36.4 Å². The number of nitro groups is 2. The molecule has 134 valence electrons. The van der Waals surface area contributed by atoms with E-state index in [9.17, 15) is 25.0 Å². The fourth-order valence-electron chi connectivity index (χ4n) is 2.59. The lowest BCUT2D eigenvalue weighted by Gasteiger charge is -2.35. The third-order valence-corrected chi connectivity index (χ3v) is 3.88. The van der Waals surface area contributed by atoms with Gasteiger partial charge in [-0.2, -0.15) is 0 Å². The summed E-state index contributed by atoms with van der Waals surface area (Å²) in [6.07, 6.45) is 0. The van der Waals surface area contributed by atoms with Crippen LogP contribution in [0.3, 0.4) is 0 Å². The first kappa shape index (κ1) is 17.3. The Morgan fingerprint density at radius 1 is 1.08 bits per heavy atom. The molecule has 0 saturated heterocycles. The molecule has 1 amide bonds. The van der Waals surface area contributed by atoms with E-state index in [-0.39, 0.29) is 23.8 Å². The topological polar surface area (TPSA) is 129 Å². The zero-order valence-corrected chi connectivity index (χ0v) is 13.9. The minimum atomic E-state index is -1.18. The molecule has 0 radical (unpaired) electrons. The largest absolute Gasteiger partial charge is 0.472 e. The van der Waals surface area contributed by atoms with E-state index in [4.69, 9.17) is 4.74 Å². The maximum absolute atomic E-state index is 12.8. The molecule has 10 nitrogen and oxygen atoms in total. The van der Waals surface area contributed by atoms with Crippen LogP contribution in [-0.4, -0.2) is 26.3 Å². The average Bonchev–Trinajstić information content (AvgIpc) is 2.58. The summed E-state index contributed by atoms with van der Waals surface area (Å²) in [7, 11) is 0. The fraction of sp³-hybridized carbons (Fsp3) is 0.250. The molecule has 1 aliphatic heterocycles. The van der Waals surface area contributed by atoms with Gasteiger partial charge in [0.05, 0.1) is 11.5 Å². The van der Waals surface area contributed by atoms with Crippen LogP contribution in [0.5, 0.6) is 5.75 Å². The minimum Gasteiger partial charge on any atom is -0.472 e. The van der Waals surface area contributed by atoms with Gasteiger partial charge in [0.2, 0.25) is 0 Å². The number of benzene rings is 1. The molecule has 2 aromatic rings. The first-order chi connectivity index (χ1) is 12.2. The Labute approximate surface area is 147 Å². The van der Waals surface area contributed by atoms with Crippen molar-refractivity contribution in [2.75, 3.05) is 4.90 Å². The summed E-state index contributed by atoms with van der Waals surface area (Å²) in [6, 6.07) is 8.29. The first-order valence-electron chi connectivity index (χ1n) is 7.59. The Bertz CT molecular complexity index is 909. The molecule has 0 aliphatic carbocycles. The molecule has 1 aliphatic rings. The van der Waals surface area contributed by atoms with E-state index in [1.807, 2.05) is 0 Å². The molecular weight excluding hydrogens is 344 g/mol. The summed E-state index contributed by atoms with van der Waals surface area (Å²) < 4.78 is 5.62. The summed E-state index contributed by atoms with van der Waals surface area (Å²) in [5, 5.41) is 21.8. The van der Waals surface area contributed by atoms with Crippen molar-refractivity contribution in [3.8, 4) is 5.75 Å². The lowest BCUT2D eigenvalue weighted by molar-refractivity contribution is -0.389. The third kappa shape index (κ3) is 3.04. The lowest BCUT2D eigenvalue weighted by atomic mass is 10.0. The van der Waals surface area contributed by atoms with E-state index >= 15 is 0 Å². The van der Waals surface area contributed by atoms with Crippen LogP contribution >= 0.6 is 0 Å². The van der Waals surface area contributed by atoms with Gasteiger partial charge in [-0.15, -0.1) is 0 Å². The van der Waals surface area contributed by atoms with Crippen molar-refractivity contribution in [1.29, 1.82) is 0 Å². The molecule has 0 fully saturated rings. The molecule has 0 N–H and O–H groups in total. The number of carbonyl (C=O) groups excluding carboxylic acids is 1. The molecule has 1 aromatic carbocycles. The standard InChI is InChI=1S/C16H14N4O6/c1-16(2)15(21)18(9-10-3-5-11(6-4-10)19(22)23)14-12(26-16)7-8-13(17-14)20(24)25/h3-8H,9H2,1-2H3. The van der Waals surface area contributed by atoms with Gasteiger partial charge < -0.3 is 14.9 Å². The zero-order valence-electron chi connectivity index (χ0n) is 13.9. The number of hydrogen-bond acceptors (Lipinski definition) is 7. The number of non-ortho nitro benzene ring substituents is 1. The Morgan fingerprint density at radius 2 is 1.73 bits per heavy atom. The van der Waals surface area contributed by atoms with Crippen LogP contribution in [0, 0.1) is 20.2 Å². The number of fused-ring (bicyclic) bond motifs is 1. The van der Waals surface area contributed by atoms with Crippen molar-refractivity contribution in [1.82, 2.24) is 4.98 Å². The molecule has 0 unspecified atom stereocenters. The van der Waals surface area contributed by atoms with Crippen LogP contribution in [0.2, 0.25) is 0 Å². The summed E-state index contributed by atoms with van der Waals surface area (Å²) in [5.74, 6) is -0.533. The summed E-state index contributed by atoms with van der Waals surface area (Å²) in [4.78, 5) is 38.5. The maximum atomic E-state index is 12.8. The van der Waals surface area contributed by atoms with E-state index in [0.717, 1.165) is 0 Å². The van der Waals surface area contributed by atoms with Gasteiger partial charge in [0.1, 0.15) is 0 Å². The highest BCUT2D eigenvalue weighted by Gasteiger charge is 2.44. The Balaban J connectivity index is 2.01. The van der Waals surface area contributed by atoms with Gasteiger partial charge in [0.15, 0.2) is 11.4 Å². The third-order valence-electron chi connectivity index (χ3n) is 3.88. The normalized spacial score (nSPS) is 15.2. The highest BCUT2D eigenvalue weighted by Crippen LogP contribution is 2.38. The number of amides is 1. The van der Waals surface area contributed by atoms with Gasteiger partial charge >= 0.3 is 5.82 Å². The number of rotatable bonds is 4. The molecule has 1 aromatic heterocycles. The van der Waals surface area contributed by atoms with Crippen LogP contribution in [-0.2, 0) is 11.3 Å². The average molecular weight is 358 g/mol. The number of anilines is 1. The van der Waals surface area contributed by atoms with E-state index in [1.54, 1.807) is 13.8 Å². The quantitative estimate of drug-likeness (QED) is 0.606. The highest BCUT2D eigenvalue weighted by atomic mass is 16.6. The molecule has 0 spiro atoms. The second kappa shape index (κ2) is 6.06. The molecule has 0 bridgehead atoms. The minimum absolute atomic E-state index is 0.0434. The van der Waals surface area contributed by atoms with E-state index in [0.29, 0.717) is 5.56 Å². The molecule has 0 atom stereocenters. The SMILES string of the molecule is CC1(C)Oc2ccc([N+](=O)[O-])nc2N(Cc2ccc([N+](=O)[O-])cc2)C1=O. The number of hydrogen-bond donors (Lipinski definition) is 0. The highest BCUT2D eigenvalue weighted by molar-refractivity contribution is 6.01. The fourth-order valence-corrected chi connectivity index (χ4v) is 2.59. The number of pyridine rings is 1. The molecular formula is C16H14N4O6. The molecule has 0 saturated carbocycles. The van der Waals surface area contributed by atoms with Crippen LogP contribution in [0.25, 0.3) is 0 Å². The Kier molecular flexibility index (Phi) is 4.03. The lowest BCUT2D eigenvalue weighted by Crippen LogP contribution is -2.52. The smallest absolute Gasteiger partial charge is 0.366 e.